The molecule has 1 aliphatic rings. The van der Waals surface area contributed by atoms with E-state index in [2.05, 4.69) is 48.9 Å². The zero-order chi connectivity index (χ0) is 13.7. The summed E-state index contributed by atoms with van der Waals surface area (Å²) in [5, 5.41) is 2.92. The quantitative estimate of drug-likeness (QED) is 0.885. The molecule has 0 spiro atoms. The molecule has 2 nitrogen and oxygen atoms in total. The van der Waals surface area contributed by atoms with Crippen molar-refractivity contribution in [2.75, 3.05) is 0 Å². The van der Waals surface area contributed by atoms with Crippen molar-refractivity contribution in [3.05, 3.63) is 34.1 Å². The summed E-state index contributed by atoms with van der Waals surface area (Å²) in [5.74, 6) is -0.859. The number of benzene rings is 1. The lowest BCUT2D eigenvalue weighted by molar-refractivity contribution is 0.0938. The molecule has 0 saturated heterocycles. The Hall–Kier alpha value is -0.900. The number of hydrogen-bond donors (Lipinski definition) is 1. The molecule has 1 aromatic carbocycles. The smallest absolute Gasteiger partial charge is 0.255 e. The Balaban J connectivity index is 2.20. The molecule has 0 unspecified atom stereocenters. The molecule has 18 heavy (non-hydrogen) atoms. The highest BCUT2D eigenvalue weighted by molar-refractivity contribution is 9.10. The van der Waals surface area contributed by atoms with Crippen molar-refractivity contribution in [1.82, 2.24) is 5.32 Å². The Kier molecular flexibility index (Phi) is 3.05. The minimum Gasteiger partial charge on any atom is -0.348 e. The second-order valence-electron chi connectivity index (χ2n) is 5.95. The van der Waals surface area contributed by atoms with Crippen molar-refractivity contribution in [1.29, 1.82) is 0 Å². The third-order valence-electron chi connectivity index (χ3n) is 4.49. The highest BCUT2D eigenvalue weighted by atomic mass is 79.9. The second-order valence-corrected chi connectivity index (χ2v) is 6.80. The monoisotopic (exact) mass is 313 g/mol. The van der Waals surface area contributed by atoms with Crippen LogP contribution in [0, 0.1) is 16.6 Å². The van der Waals surface area contributed by atoms with E-state index in [-0.39, 0.29) is 28.3 Å². The van der Waals surface area contributed by atoms with Crippen LogP contribution in [-0.2, 0) is 0 Å². The Labute approximate surface area is 115 Å². The van der Waals surface area contributed by atoms with Crippen LogP contribution < -0.4 is 5.32 Å². The number of halogens is 2. The van der Waals surface area contributed by atoms with E-state index in [9.17, 15) is 9.18 Å². The average Bonchev–Trinajstić information content (AvgIpc) is 2.60. The first kappa shape index (κ1) is 13.5. The summed E-state index contributed by atoms with van der Waals surface area (Å²) in [7, 11) is 0. The first-order valence-electron chi connectivity index (χ1n) is 5.94. The zero-order valence-electron chi connectivity index (χ0n) is 11.0. The van der Waals surface area contributed by atoms with E-state index in [1.807, 2.05) is 0 Å². The van der Waals surface area contributed by atoms with Crippen LogP contribution in [0.2, 0.25) is 0 Å². The van der Waals surface area contributed by atoms with Gasteiger partial charge in [-0.25, -0.2) is 4.39 Å². The first-order chi connectivity index (χ1) is 8.19. The molecule has 1 aliphatic carbocycles. The van der Waals surface area contributed by atoms with Crippen molar-refractivity contribution >= 4 is 21.8 Å². The molecule has 1 saturated carbocycles. The van der Waals surface area contributed by atoms with Gasteiger partial charge in [-0.15, -0.1) is 0 Å². The van der Waals surface area contributed by atoms with Crippen LogP contribution in [0.3, 0.4) is 0 Å². The lowest BCUT2D eigenvalue weighted by Crippen LogP contribution is -2.30. The third-order valence-corrected chi connectivity index (χ3v) is 5.15. The van der Waals surface area contributed by atoms with Gasteiger partial charge in [0, 0.05) is 10.5 Å². The van der Waals surface area contributed by atoms with E-state index < -0.39 is 5.82 Å². The van der Waals surface area contributed by atoms with Gasteiger partial charge in [0.2, 0.25) is 0 Å². The van der Waals surface area contributed by atoms with E-state index >= 15 is 0 Å². The normalized spacial score (nSPS) is 20.6. The number of nitrogens with one attached hydrogen (secondary N) is 1. The number of amides is 1. The van der Waals surface area contributed by atoms with Gasteiger partial charge in [0.05, 0.1) is 5.56 Å². The van der Waals surface area contributed by atoms with Gasteiger partial charge in [-0.3, -0.25) is 4.79 Å². The number of hydrogen-bond acceptors (Lipinski definition) is 1. The van der Waals surface area contributed by atoms with Crippen LogP contribution in [0.5, 0.6) is 0 Å². The van der Waals surface area contributed by atoms with Crippen molar-refractivity contribution in [3.63, 3.8) is 0 Å². The van der Waals surface area contributed by atoms with Gasteiger partial charge in [0.1, 0.15) is 5.82 Å². The Morgan fingerprint density at radius 3 is 2.28 bits per heavy atom. The zero-order valence-corrected chi connectivity index (χ0v) is 12.6. The minimum atomic E-state index is -0.502. The van der Waals surface area contributed by atoms with Crippen LogP contribution in [-0.4, -0.2) is 11.9 Å². The van der Waals surface area contributed by atoms with Crippen LogP contribution in [0.25, 0.3) is 0 Å². The van der Waals surface area contributed by atoms with E-state index in [4.69, 9.17) is 0 Å². The Bertz CT molecular complexity index is 476. The molecule has 1 aromatic rings. The number of carbonyl (C=O) groups is 1. The lowest BCUT2D eigenvalue weighted by Gasteiger charge is -2.09. The largest absolute Gasteiger partial charge is 0.348 e. The molecular formula is C14H17BrFNO. The summed E-state index contributed by atoms with van der Waals surface area (Å²) in [6.45, 7) is 8.42. The standard InChI is InChI=1S/C14H17BrFNO/c1-13(2)12(14(13,3)4)17-11(18)10-8(15)6-5-7-9(10)16/h5-7,12H,1-4H3,(H,17,18). The van der Waals surface area contributed by atoms with E-state index in [0.29, 0.717) is 4.47 Å². The van der Waals surface area contributed by atoms with Crippen LogP contribution >= 0.6 is 15.9 Å². The van der Waals surface area contributed by atoms with Gasteiger partial charge in [-0.05, 0) is 38.9 Å². The molecule has 0 bridgehead atoms. The van der Waals surface area contributed by atoms with Crippen LogP contribution in [0.1, 0.15) is 38.1 Å². The van der Waals surface area contributed by atoms with Crippen molar-refractivity contribution in [3.8, 4) is 0 Å². The van der Waals surface area contributed by atoms with Gasteiger partial charge in [0.15, 0.2) is 0 Å². The molecule has 1 N–H and O–H groups in total. The van der Waals surface area contributed by atoms with Gasteiger partial charge in [-0.1, -0.05) is 33.8 Å². The second kappa shape index (κ2) is 4.05. The molecule has 0 aliphatic heterocycles. The summed E-state index contributed by atoms with van der Waals surface area (Å²) in [5.41, 5.74) is 0.164. The molecule has 0 atom stereocenters. The maximum absolute atomic E-state index is 13.7. The molecule has 98 valence electrons. The molecule has 0 aromatic heterocycles. The fourth-order valence-corrected chi connectivity index (χ4v) is 3.00. The first-order valence-corrected chi connectivity index (χ1v) is 6.74. The summed E-state index contributed by atoms with van der Waals surface area (Å²) >= 11 is 3.21. The van der Waals surface area contributed by atoms with E-state index in [0.717, 1.165) is 0 Å². The number of carbonyl (C=O) groups excluding carboxylic acids is 1. The van der Waals surface area contributed by atoms with Gasteiger partial charge in [-0.2, -0.15) is 0 Å². The van der Waals surface area contributed by atoms with Gasteiger partial charge < -0.3 is 5.32 Å². The highest BCUT2D eigenvalue weighted by Gasteiger charge is 2.65. The molecule has 0 radical (unpaired) electrons. The third kappa shape index (κ3) is 1.87. The topological polar surface area (TPSA) is 29.1 Å². The van der Waals surface area contributed by atoms with Gasteiger partial charge in [0.25, 0.3) is 5.91 Å². The molecule has 2 rings (SSSR count). The Morgan fingerprint density at radius 2 is 1.83 bits per heavy atom. The molecule has 1 amide bonds. The average molecular weight is 314 g/mol. The van der Waals surface area contributed by atoms with E-state index in [1.54, 1.807) is 12.1 Å². The minimum absolute atomic E-state index is 0.0421. The fourth-order valence-electron chi connectivity index (χ4n) is 2.48. The van der Waals surface area contributed by atoms with Crippen molar-refractivity contribution in [2.24, 2.45) is 10.8 Å². The van der Waals surface area contributed by atoms with Crippen molar-refractivity contribution < 1.29 is 9.18 Å². The molecule has 1 fully saturated rings. The molecular weight excluding hydrogens is 297 g/mol. The summed E-state index contributed by atoms with van der Waals surface area (Å²) < 4.78 is 14.1. The molecule has 4 heteroatoms. The highest BCUT2D eigenvalue weighted by Crippen LogP contribution is 2.62. The maximum Gasteiger partial charge on any atom is 0.255 e. The Morgan fingerprint density at radius 1 is 1.28 bits per heavy atom. The SMILES string of the molecule is CC1(C)C(NC(=O)c2c(F)cccc2Br)C1(C)C. The number of rotatable bonds is 2. The molecule has 0 heterocycles. The summed E-state index contributed by atoms with van der Waals surface area (Å²) in [4.78, 5) is 12.1. The summed E-state index contributed by atoms with van der Waals surface area (Å²) in [6.07, 6.45) is 0. The van der Waals surface area contributed by atoms with Crippen LogP contribution in [0.15, 0.2) is 22.7 Å². The van der Waals surface area contributed by atoms with Gasteiger partial charge >= 0.3 is 0 Å². The predicted octanol–water partition coefficient (Wildman–Crippen LogP) is 3.75. The van der Waals surface area contributed by atoms with Crippen LogP contribution in [0.4, 0.5) is 4.39 Å². The fraction of sp³-hybridized carbons (Fsp3) is 0.500. The van der Waals surface area contributed by atoms with E-state index in [1.165, 1.54) is 6.07 Å². The lowest BCUT2D eigenvalue weighted by atomic mass is 10.0. The predicted molar refractivity (Wildman–Crippen MR) is 72.9 cm³/mol. The summed E-state index contributed by atoms with van der Waals surface area (Å²) in [6, 6.07) is 4.61. The van der Waals surface area contributed by atoms with Crippen molar-refractivity contribution in [2.45, 2.75) is 33.7 Å². The maximum atomic E-state index is 13.7.